The first-order chi connectivity index (χ1) is 10.3. The molecule has 0 aliphatic carbocycles. The first-order valence-electron chi connectivity index (χ1n) is 7.67. The van der Waals surface area contributed by atoms with E-state index in [2.05, 4.69) is 0 Å². The third kappa shape index (κ3) is 8.70. The molecule has 0 saturated carbocycles. The van der Waals surface area contributed by atoms with E-state index >= 15 is 0 Å². The van der Waals surface area contributed by atoms with Gasteiger partial charge in [-0.1, -0.05) is 6.92 Å². The number of hydrogen-bond donors (Lipinski definition) is 1. The molecule has 0 aromatic heterocycles. The van der Waals surface area contributed by atoms with Crippen molar-refractivity contribution in [2.45, 2.75) is 46.3 Å². The Labute approximate surface area is 138 Å². The van der Waals surface area contributed by atoms with E-state index in [4.69, 9.17) is 32.3 Å². The maximum absolute atomic E-state index is 6.00. The topological polar surface area (TPSA) is 81.4 Å². The Balaban J connectivity index is 0. The van der Waals surface area contributed by atoms with Crippen LogP contribution in [0.2, 0.25) is 6.55 Å². The van der Waals surface area contributed by atoms with Crippen LogP contribution < -0.4 is 5.73 Å². The lowest BCUT2D eigenvalue weighted by Gasteiger charge is -2.32. The Morgan fingerprint density at radius 1 is 0.773 bits per heavy atom. The molecule has 1 unspecified atom stereocenters. The fourth-order valence-corrected chi connectivity index (χ4v) is 4.65. The molecular formula is C13H35NO6Si2. The third-order valence-corrected chi connectivity index (χ3v) is 8.66. The van der Waals surface area contributed by atoms with Crippen LogP contribution in [-0.2, 0) is 26.6 Å². The lowest BCUT2D eigenvalue weighted by Crippen LogP contribution is -2.60. The van der Waals surface area contributed by atoms with E-state index in [-0.39, 0.29) is 5.67 Å². The van der Waals surface area contributed by atoms with Gasteiger partial charge in [0.15, 0.2) is 0 Å². The Kier molecular flexibility index (Phi) is 15.1. The summed E-state index contributed by atoms with van der Waals surface area (Å²) in [5.41, 5.74) is 5.87. The van der Waals surface area contributed by atoms with E-state index in [9.17, 15) is 0 Å². The van der Waals surface area contributed by atoms with E-state index in [0.29, 0.717) is 19.8 Å². The van der Waals surface area contributed by atoms with Gasteiger partial charge in [-0.3, -0.25) is 0 Å². The highest BCUT2D eigenvalue weighted by atomic mass is 28.4. The highest BCUT2D eigenvalue weighted by Gasteiger charge is 2.46. The quantitative estimate of drug-likeness (QED) is 0.565. The van der Waals surface area contributed by atoms with Gasteiger partial charge in [0.2, 0.25) is 0 Å². The predicted molar refractivity (Wildman–Crippen MR) is 91.5 cm³/mol. The van der Waals surface area contributed by atoms with Crippen molar-refractivity contribution >= 4 is 17.6 Å². The lowest BCUT2D eigenvalue weighted by atomic mass is 10.5. The Morgan fingerprint density at radius 3 is 1.23 bits per heavy atom. The molecule has 9 heteroatoms. The highest BCUT2D eigenvalue weighted by Crippen LogP contribution is 2.15. The second-order valence-electron chi connectivity index (χ2n) is 4.39. The van der Waals surface area contributed by atoms with Crippen LogP contribution in [0, 0.1) is 0 Å². The summed E-state index contributed by atoms with van der Waals surface area (Å²) in [5, 5.41) is 0. The summed E-state index contributed by atoms with van der Waals surface area (Å²) in [4.78, 5) is 0. The predicted octanol–water partition coefficient (Wildman–Crippen LogP) is 1.81. The molecule has 2 N–H and O–H groups in total. The summed E-state index contributed by atoms with van der Waals surface area (Å²) < 4.78 is 31.7. The van der Waals surface area contributed by atoms with Crippen molar-refractivity contribution in [2.75, 3.05) is 41.2 Å². The normalized spacial score (nSPS) is 13.5. The summed E-state index contributed by atoms with van der Waals surface area (Å²) in [6, 6.07) is 0. The minimum absolute atomic E-state index is 0.123. The smallest absolute Gasteiger partial charge is 0.377 e. The molecule has 0 spiro atoms. The zero-order valence-electron chi connectivity index (χ0n) is 15.4. The third-order valence-electron chi connectivity index (χ3n) is 3.04. The number of hydrogen-bond acceptors (Lipinski definition) is 7. The summed E-state index contributed by atoms with van der Waals surface area (Å²) in [5.74, 6) is 0. The molecule has 0 aliphatic rings. The molecule has 0 aromatic carbocycles. The van der Waals surface area contributed by atoms with Gasteiger partial charge in [-0.25, -0.2) is 0 Å². The second-order valence-corrected chi connectivity index (χ2v) is 10.2. The largest absolute Gasteiger partial charge is 0.518 e. The van der Waals surface area contributed by atoms with Crippen molar-refractivity contribution in [3.63, 3.8) is 0 Å². The van der Waals surface area contributed by atoms with Crippen molar-refractivity contribution in [1.29, 1.82) is 0 Å². The first kappa shape index (κ1) is 24.4. The van der Waals surface area contributed by atoms with Crippen molar-refractivity contribution in [3.8, 4) is 0 Å². The molecule has 0 bridgehead atoms. The fourth-order valence-electron chi connectivity index (χ4n) is 1.55. The van der Waals surface area contributed by atoms with Gasteiger partial charge in [0.25, 0.3) is 0 Å². The van der Waals surface area contributed by atoms with Crippen molar-refractivity contribution in [2.24, 2.45) is 5.73 Å². The summed E-state index contributed by atoms with van der Waals surface area (Å²) in [6.45, 7) is 11.4. The zero-order valence-corrected chi connectivity index (χ0v) is 17.4. The zero-order chi connectivity index (χ0) is 17.6. The maximum Gasteiger partial charge on any atom is 0.518 e. The van der Waals surface area contributed by atoms with Crippen LogP contribution in [0.1, 0.15) is 34.1 Å². The van der Waals surface area contributed by atoms with Gasteiger partial charge in [0, 0.05) is 47.7 Å². The van der Waals surface area contributed by atoms with Crippen LogP contribution in [0.3, 0.4) is 0 Å². The molecule has 0 fully saturated rings. The van der Waals surface area contributed by atoms with E-state index in [1.807, 2.05) is 34.2 Å². The van der Waals surface area contributed by atoms with E-state index < -0.39 is 17.6 Å². The molecule has 1 atom stereocenters. The van der Waals surface area contributed by atoms with Crippen molar-refractivity contribution in [1.82, 2.24) is 0 Å². The van der Waals surface area contributed by atoms with Gasteiger partial charge in [-0.15, -0.1) is 0 Å². The molecule has 0 saturated heterocycles. The van der Waals surface area contributed by atoms with Gasteiger partial charge < -0.3 is 32.3 Å². The summed E-state index contributed by atoms with van der Waals surface area (Å²) >= 11 is 0. The minimum Gasteiger partial charge on any atom is -0.377 e. The van der Waals surface area contributed by atoms with Crippen molar-refractivity contribution < 1.29 is 26.6 Å². The Bertz CT molecular complexity index is 231. The van der Waals surface area contributed by atoms with Crippen LogP contribution in [0.25, 0.3) is 0 Å². The van der Waals surface area contributed by atoms with Crippen LogP contribution in [0.4, 0.5) is 0 Å². The summed E-state index contributed by atoms with van der Waals surface area (Å²) in [7, 11) is -0.0448. The van der Waals surface area contributed by atoms with Gasteiger partial charge in [0.1, 0.15) is 0 Å². The molecule has 136 valence electrons. The van der Waals surface area contributed by atoms with E-state index in [0.717, 1.165) is 6.42 Å². The summed E-state index contributed by atoms with van der Waals surface area (Å²) in [6.07, 6.45) is 0.812. The standard InChI is InChI=1S/C9H23NO3Si.C4H12O3Si/c1-5-9(10)14(11-6-2,12-7-3)13-8-4;1-5-8(4,6-2)7-3/h9H,5-8,10H2,1-4H3;1-4H3. The van der Waals surface area contributed by atoms with Gasteiger partial charge in [-0.2, -0.15) is 0 Å². The molecule has 0 aliphatic heterocycles. The van der Waals surface area contributed by atoms with Gasteiger partial charge >= 0.3 is 17.6 Å². The Hall–Kier alpha value is 0.154. The molecule has 0 aromatic rings. The second kappa shape index (κ2) is 13.6. The average molecular weight is 358 g/mol. The monoisotopic (exact) mass is 357 g/mol. The van der Waals surface area contributed by atoms with Crippen LogP contribution in [-0.4, -0.2) is 64.4 Å². The fraction of sp³-hybridized carbons (Fsp3) is 1.00. The van der Waals surface area contributed by atoms with Crippen LogP contribution in [0.15, 0.2) is 0 Å². The van der Waals surface area contributed by atoms with Crippen LogP contribution >= 0.6 is 0 Å². The molecule has 0 radical (unpaired) electrons. The molecule has 0 rings (SSSR count). The SMILES string of the molecule is CCO[Si](OCC)(OCC)C(N)CC.CO[Si](C)(OC)OC. The molecule has 0 amide bonds. The van der Waals surface area contributed by atoms with Crippen molar-refractivity contribution in [3.05, 3.63) is 0 Å². The lowest BCUT2D eigenvalue weighted by molar-refractivity contribution is 0.0618. The highest BCUT2D eigenvalue weighted by molar-refractivity contribution is 6.62. The molecular weight excluding hydrogens is 322 g/mol. The number of rotatable bonds is 11. The van der Waals surface area contributed by atoms with Crippen LogP contribution in [0.5, 0.6) is 0 Å². The minimum atomic E-state index is -2.62. The first-order valence-corrected chi connectivity index (χ1v) is 11.7. The van der Waals surface area contributed by atoms with E-state index in [1.165, 1.54) is 0 Å². The molecule has 7 nitrogen and oxygen atoms in total. The Morgan fingerprint density at radius 2 is 1.09 bits per heavy atom. The molecule has 0 heterocycles. The number of nitrogens with two attached hydrogens (primary N) is 1. The molecule has 22 heavy (non-hydrogen) atoms. The van der Waals surface area contributed by atoms with E-state index in [1.54, 1.807) is 21.3 Å². The maximum atomic E-state index is 6.00. The average Bonchev–Trinajstić information content (AvgIpc) is 2.54. The van der Waals surface area contributed by atoms with Gasteiger partial charge in [0.05, 0.1) is 5.67 Å². The van der Waals surface area contributed by atoms with Gasteiger partial charge in [-0.05, 0) is 27.2 Å².